The molecule has 0 aliphatic carbocycles. The van der Waals surface area contributed by atoms with Gasteiger partial charge in [-0.15, -0.1) is 0 Å². The first-order chi connectivity index (χ1) is 5.77. The lowest BCUT2D eigenvalue weighted by molar-refractivity contribution is 0.173. The highest BCUT2D eigenvalue weighted by molar-refractivity contribution is 6.47. The molecule has 4 heteroatoms. The van der Waals surface area contributed by atoms with Crippen LogP contribution in [0.1, 0.15) is 13.8 Å². The van der Waals surface area contributed by atoms with E-state index in [-0.39, 0.29) is 0 Å². The van der Waals surface area contributed by atoms with E-state index in [4.69, 9.17) is 4.74 Å². The summed E-state index contributed by atoms with van der Waals surface area (Å²) in [5.74, 6) is 6.35. The van der Waals surface area contributed by atoms with Crippen molar-refractivity contribution in [3.8, 4) is 11.7 Å². The molecule has 0 heterocycles. The van der Waals surface area contributed by atoms with Gasteiger partial charge in [-0.1, -0.05) is 25.6 Å². The Labute approximate surface area is 77.1 Å². The van der Waals surface area contributed by atoms with Crippen LogP contribution in [-0.2, 0) is 4.74 Å². The van der Waals surface area contributed by atoms with Gasteiger partial charge in [-0.3, -0.25) is 0 Å². The van der Waals surface area contributed by atoms with Gasteiger partial charge in [0.1, 0.15) is 6.61 Å². The van der Waals surface area contributed by atoms with E-state index in [9.17, 15) is 0 Å². The molecule has 0 fully saturated rings. The van der Waals surface area contributed by atoms with E-state index in [0.29, 0.717) is 19.0 Å². The van der Waals surface area contributed by atoms with E-state index in [2.05, 4.69) is 38.8 Å². The maximum Gasteiger partial charge on any atom is 0.218 e. The van der Waals surface area contributed by atoms with Crippen LogP contribution >= 0.6 is 0 Å². The molecule has 1 N–H and O–H groups in total. The quantitative estimate of drug-likeness (QED) is 0.347. The second-order valence-corrected chi connectivity index (χ2v) is 2.78. The molecule has 0 bridgehead atoms. The van der Waals surface area contributed by atoms with E-state index in [1.165, 1.54) is 0 Å². The molecule has 0 aromatic rings. The molecule has 64 valence electrons. The van der Waals surface area contributed by atoms with E-state index in [1.807, 2.05) is 7.28 Å². The van der Waals surface area contributed by atoms with E-state index < -0.39 is 0 Å². The van der Waals surface area contributed by atoms with Crippen molar-refractivity contribution < 1.29 is 4.74 Å². The van der Waals surface area contributed by atoms with Crippen molar-refractivity contribution in [3.05, 3.63) is 0 Å². The third-order valence-electron chi connectivity index (χ3n) is 1.12. The van der Waals surface area contributed by atoms with Gasteiger partial charge >= 0.3 is 0 Å². The summed E-state index contributed by atoms with van der Waals surface area (Å²) in [6, 6.07) is 0. The number of ether oxygens (including phenoxy) is 1. The van der Waals surface area contributed by atoms with E-state index in [0.717, 1.165) is 6.54 Å². The molecule has 0 aromatic heterocycles. The van der Waals surface area contributed by atoms with Gasteiger partial charge in [0.15, 0.2) is 7.98 Å². The number of hydrogen-bond acceptors (Lipinski definition) is 2. The largest absolute Gasteiger partial charge is 0.368 e. The molecule has 0 atom stereocenters. The molecule has 0 saturated carbocycles. The van der Waals surface area contributed by atoms with Crippen LogP contribution in [0.15, 0.2) is 0 Å². The topological polar surface area (TPSA) is 21.3 Å². The normalized spacial score (nSPS) is 9.25. The molecule has 0 aliphatic rings. The van der Waals surface area contributed by atoms with Crippen LogP contribution in [0.4, 0.5) is 0 Å². The Morgan fingerprint density at radius 2 is 2.33 bits per heavy atom. The van der Waals surface area contributed by atoms with Crippen molar-refractivity contribution in [1.29, 1.82) is 0 Å². The molecule has 2 radical (unpaired) electrons. The lowest BCUT2D eigenvalue weighted by Crippen LogP contribution is -2.15. The molecule has 0 spiro atoms. The minimum absolute atomic E-state index is 0.505. The van der Waals surface area contributed by atoms with Crippen molar-refractivity contribution in [3.63, 3.8) is 0 Å². The van der Waals surface area contributed by atoms with Gasteiger partial charge in [0, 0.05) is 6.54 Å². The van der Waals surface area contributed by atoms with Crippen molar-refractivity contribution in [2.45, 2.75) is 19.7 Å². The highest BCUT2D eigenvalue weighted by Crippen LogP contribution is 1.93. The minimum Gasteiger partial charge on any atom is -0.368 e. The molecule has 0 aromatic carbocycles. The average molecular weight is 163 g/mol. The first-order valence-corrected chi connectivity index (χ1v) is 4.16. The lowest BCUT2D eigenvalue weighted by Gasteiger charge is -1.97. The third-order valence-corrected chi connectivity index (χ3v) is 1.12. The summed E-state index contributed by atoms with van der Waals surface area (Å²) >= 11 is 0. The molecule has 0 unspecified atom stereocenters. The summed E-state index contributed by atoms with van der Waals surface area (Å²) in [7, 11) is 5.43. The zero-order valence-corrected chi connectivity index (χ0v) is 7.89. The smallest absolute Gasteiger partial charge is 0.218 e. The molecule has 0 aliphatic heterocycles. The van der Waals surface area contributed by atoms with Crippen LogP contribution in [0.5, 0.6) is 0 Å². The molecular weight excluding hydrogens is 148 g/mol. The Morgan fingerprint density at radius 3 is 2.92 bits per heavy atom. The average Bonchev–Trinajstić information content (AvgIpc) is 2.02. The van der Waals surface area contributed by atoms with Gasteiger partial charge in [-0.05, 0) is 0 Å². The molecule has 0 amide bonds. The van der Waals surface area contributed by atoms with Crippen molar-refractivity contribution in [2.24, 2.45) is 0 Å². The monoisotopic (exact) mass is 163 g/mol. The molecular formula is C8H15B2NO. The number of hydrogen-bond donors (Lipinski definition) is 1. The highest BCUT2D eigenvalue weighted by atomic mass is 16.5. The Bertz CT molecular complexity index is 151. The van der Waals surface area contributed by atoms with Crippen LogP contribution in [-0.4, -0.2) is 35.0 Å². The molecule has 2 nitrogen and oxygen atoms in total. The van der Waals surface area contributed by atoms with Gasteiger partial charge in [0.2, 0.25) is 7.28 Å². The standard InChI is InChI=1S/C8H15B2NO/c1-8(2)10-4-3-6-12-7-5-11-9/h8-9,11H,5-7H2,1-2H3. The molecule has 0 saturated heterocycles. The van der Waals surface area contributed by atoms with Crippen LogP contribution in [0.2, 0.25) is 5.82 Å². The first kappa shape index (κ1) is 11.6. The van der Waals surface area contributed by atoms with Crippen molar-refractivity contribution in [2.75, 3.05) is 19.8 Å². The van der Waals surface area contributed by atoms with Crippen LogP contribution in [0.25, 0.3) is 0 Å². The predicted octanol–water partition coefficient (Wildman–Crippen LogP) is -0.0982. The van der Waals surface area contributed by atoms with Gasteiger partial charge in [0.25, 0.3) is 0 Å². The lowest BCUT2D eigenvalue weighted by atomic mass is 9.67. The fourth-order valence-corrected chi connectivity index (χ4v) is 0.535. The van der Waals surface area contributed by atoms with Gasteiger partial charge in [-0.2, -0.15) is 5.82 Å². The summed E-state index contributed by atoms with van der Waals surface area (Å²) in [5, 5.41) is 2.75. The summed E-state index contributed by atoms with van der Waals surface area (Å²) in [6.07, 6.45) is 0. The second kappa shape index (κ2) is 8.70. The van der Waals surface area contributed by atoms with E-state index >= 15 is 0 Å². The number of rotatable bonds is 5. The number of nitrogens with one attached hydrogen (secondary N) is 1. The molecule has 12 heavy (non-hydrogen) atoms. The highest BCUT2D eigenvalue weighted by Gasteiger charge is 1.89. The maximum atomic E-state index is 5.16. The fourth-order valence-electron chi connectivity index (χ4n) is 0.535. The zero-order valence-electron chi connectivity index (χ0n) is 7.89. The first-order valence-electron chi connectivity index (χ1n) is 4.16. The van der Waals surface area contributed by atoms with Crippen molar-refractivity contribution >= 4 is 15.3 Å². The van der Waals surface area contributed by atoms with Gasteiger partial charge < -0.3 is 9.96 Å². The predicted molar refractivity (Wildman–Crippen MR) is 54.6 cm³/mol. The second-order valence-electron chi connectivity index (χ2n) is 2.78. The molecule has 0 rings (SSSR count). The SMILES string of the molecule is [BH]NCCOCC#C[B]C(C)C. The Balaban J connectivity index is 3.10. The van der Waals surface area contributed by atoms with Crippen LogP contribution in [0, 0.1) is 11.7 Å². The Hall–Kier alpha value is -0.390. The summed E-state index contributed by atoms with van der Waals surface area (Å²) in [5.41, 5.74) is 0. The summed E-state index contributed by atoms with van der Waals surface area (Å²) in [4.78, 5) is 0. The summed E-state index contributed by atoms with van der Waals surface area (Å²) < 4.78 is 5.16. The van der Waals surface area contributed by atoms with Crippen molar-refractivity contribution in [1.82, 2.24) is 5.23 Å². The third kappa shape index (κ3) is 9.61. The summed E-state index contributed by atoms with van der Waals surface area (Å²) in [6.45, 7) is 6.14. The van der Waals surface area contributed by atoms with Gasteiger partial charge in [-0.25, -0.2) is 0 Å². The fraction of sp³-hybridized carbons (Fsp3) is 0.750. The van der Waals surface area contributed by atoms with Crippen LogP contribution < -0.4 is 5.23 Å². The van der Waals surface area contributed by atoms with Crippen LogP contribution in [0.3, 0.4) is 0 Å². The van der Waals surface area contributed by atoms with Gasteiger partial charge in [0.05, 0.1) is 6.61 Å². The Morgan fingerprint density at radius 1 is 1.58 bits per heavy atom. The zero-order chi connectivity index (χ0) is 9.23. The minimum atomic E-state index is 0.505. The van der Waals surface area contributed by atoms with E-state index in [1.54, 1.807) is 0 Å². The maximum absolute atomic E-state index is 5.16. The Kier molecular flexibility index (Phi) is 8.42.